The van der Waals surface area contributed by atoms with Crippen LogP contribution in [0.3, 0.4) is 0 Å². The highest BCUT2D eigenvalue weighted by molar-refractivity contribution is 8.07. The first-order chi connectivity index (χ1) is 8.33. The highest BCUT2D eigenvalue weighted by atomic mass is 32.2. The van der Waals surface area contributed by atoms with E-state index in [-0.39, 0.29) is 5.92 Å². The first-order valence-corrected chi connectivity index (χ1v) is 7.87. The van der Waals surface area contributed by atoms with E-state index in [4.69, 9.17) is 5.73 Å². The molecule has 1 radical (unpaired) electrons. The van der Waals surface area contributed by atoms with E-state index in [9.17, 15) is 18.6 Å². The van der Waals surface area contributed by atoms with Gasteiger partial charge in [-0.05, 0) is 16.9 Å². The van der Waals surface area contributed by atoms with E-state index >= 15 is 0 Å². The molecule has 0 saturated carbocycles. The third-order valence-electron chi connectivity index (χ3n) is 3.27. The average Bonchev–Trinajstić information content (AvgIpc) is 2.68. The van der Waals surface area contributed by atoms with E-state index in [0.29, 0.717) is 16.9 Å². The minimum absolute atomic E-state index is 0.112. The number of hydrogen-bond donors (Lipinski definition) is 2. The summed E-state index contributed by atoms with van der Waals surface area (Å²) in [5, 5.41) is -2.16. The lowest BCUT2D eigenvalue weighted by Gasteiger charge is -2.20. The van der Waals surface area contributed by atoms with Crippen LogP contribution in [0.1, 0.15) is 6.42 Å². The number of halogens is 1. The summed E-state index contributed by atoms with van der Waals surface area (Å²) in [6.07, 6.45) is 5.23. The fraction of sp³-hybridized carbons (Fsp3) is 0.300. The summed E-state index contributed by atoms with van der Waals surface area (Å²) < 4.78 is 25.4. The lowest BCUT2D eigenvalue weighted by molar-refractivity contribution is -0.113. The molecule has 3 unspecified atom stereocenters. The van der Waals surface area contributed by atoms with E-state index in [2.05, 4.69) is 0 Å². The van der Waals surface area contributed by atoms with Gasteiger partial charge < -0.3 is 15.2 Å². The summed E-state index contributed by atoms with van der Waals surface area (Å²) in [5.74, 6) is -0.614. The topological polar surface area (TPSA) is 80.4 Å². The number of rotatable bonds is 2. The van der Waals surface area contributed by atoms with Crippen molar-refractivity contribution in [1.82, 2.24) is 0 Å². The van der Waals surface area contributed by atoms with Crippen LogP contribution in [0.15, 0.2) is 33.6 Å². The second-order valence-electron chi connectivity index (χ2n) is 4.49. The van der Waals surface area contributed by atoms with Gasteiger partial charge in [0, 0.05) is 5.92 Å². The summed E-state index contributed by atoms with van der Waals surface area (Å²) in [6.45, 7) is 0.853. The number of carbonyl (C=O) groups is 1. The second-order valence-corrected chi connectivity index (χ2v) is 7.76. The van der Waals surface area contributed by atoms with Gasteiger partial charge >= 0.3 is 7.00 Å². The van der Waals surface area contributed by atoms with E-state index in [0.717, 1.165) is 11.9 Å². The van der Waals surface area contributed by atoms with Gasteiger partial charge in [0.2, 0.25) is 0 Å². The van der Waals surface area contributed by atoms with E-state index in [1.54, 1.807) is 12.2 Å². The van der Waals surface area contributed by atoms with Crippen LogP contribution in [-0.4, -0.2) is 23.1 Å². The van der Waals surface area contributed by atoms with Gasteiger partial charge in [-0.2, -0.15) is 0 Å². The van der Waals surface area contributed by atoms with E-state index < -0.39 is 18.5 Å². The highest BCUT2D eigenvalue weighted by Crippen LogP contribution is 2.75. The monoisotopic (exact) mass is 284 g/mol. The predicted molar refractivity (Wildman–Crippen MR) is 68.6 cm³/mol. The average molecular weight is 284 g/mol. The number of thioether (sulfide) groups is 1. The smallest absolute Gasteiger partial charge is 0.303 e. The van der Waals surface area contributed by atoms with Crippen molar-refractivity contribution in [2.75, 3.05) is 0 Å². The molecule has 0 aromatic heterocycles. The fourth-order valence-electron chi connectivity index (χ4n) is 2.19. The number of fused-ring (bicyclic) bond motifs is 1. The van der Waals surface area contributed by atoms with Crippen molar-refractivity contribution in [2.24, 2.45) is 11.7 Å². The number of amides is 1. The molecule has 8 heteroatoms. The second kappa shape index (κ2) is 3.62. The van der Waals surface area contributed by atoms with Gasteiger partial charge in [0.15, 0.2) is 12.6 Å². The van der Waals surface area contributed by atoms with Crippen molar-refractivity contribution in [1.29, 1.82) is 0 Å². The molecule has 1 fully saturated rings. The van der Waals surface area contributed by atoms with Gasteiger partial charge in [-0.3, -0.25) is 4.79 Å². The molecule has 3 atom stereocenters. The Hall–Kier alpha value is -0.775. The predicted octanol–water partition coefficient (Wildman–Crippen LogP) is 1.46. The molecule has 1 saturated heterocycles. The summed E-state index contributed by atoms with van der Waals surface area (Å²) >= 11 is 1.27. The standard InChI is InChI=1S/C10H9BFNO3PS/c12-10(11-17(10,15)16)6-1-2-7-5(3-6)4-8(18-7)9(13)14/h1-2,4-5H,3H2,(H2,13,14)(H,15,16). The fourth-order valence-corrected chi connectivity index (χ4v) is 4.66. The third-order valence-corrected chi connectivity index (χ3v) is 6.28. The zero-order chi connectivity index (χ0) is 13.1. The third kappa shape index (κ3) is 1.65. The summed E-state index contributed by atoms with van der Waals surface area (Å²) in [4.78, 5) is 21.7. The maximum atomic E-state index is 14.1. The summed E-state index contributed by atoms with van der Waals surface area (Å²) in [6, 6.07) is 0. The number of primary amides is 1. The minimum atomic E-state index is -3.76. The van der Waals surface area contributed by atoms with Crippen molar-refractivity contribution >= 4 is 31.9 Å². The number of nitrogens with two attached hydrogens (primary N) is 1. The molecular formula is C10H9BFNO3PS. The summed E-state index contributed by atoms with van der Waals surface area (Å²) in [5.41, 5.74) is 5.49. The number of alkyl halides is 1. The van der Waals surface area contributed by atoms with Gasteiger partial charge in [-0.25, -0.2) is 4.39 Å². The Balaban J connectivity index is 1.86. The molecule has 18 heavy (non-hydrogen) atoms. The van der Waals surface area contributed by atoms with Crippen LogP contribution >= 0.6 is 19.0 Å². The number of hydrogen-bond acceptors (Lipinski definition) is 3. The molecule has 0 bridgehead atoms. The van der Waals surface area contributed by atoms with Gasteiger partial charge in [0.05, 0.1) is 4.91 Å². The molecule has 93 valence electrons. The lowest BCUT2D eigenvalue weighted by Crippen LogP contribution is -2.13. The van der Waals surface area contributed by atoms with E-state index in [1.807, 2.05) is 0 Å². The lowest BCUT2D eigenvalue weighted by atomic mass is 9.84. The zero-order valence-corrected chi connectivity index (χ0v) is 10.9. The van der Waals surface area contributed by atoms with Crippen LogP contribution in [0, 0.1) is 5.92 Å². The largest absolute Gasteiger partial charge is 0.365 e. The Labute approximate surface area is 108 Å². The molecule has 3 aliphatic rings. The number of carbonyl (C=O) groups excluding carboxylic acids is 1. The molecule has 3 N–H and O–H groups in total. The van der Waals surface area contributed by atoms with Crippen LogP contribution in [-0.2, 0) is 9.36 Å². The molecule has 0 aromatic carbocycles. The highest BCUT2D eigenvalue weighted by Gasteiger charge is 2.70. The maximum absolute atomic E-state index is 14.1. The SMILES string of the molecule is NC(=O)C1=CC2CC(C3(F)[B]P3(=O)O)=CC=C2S1. The molecule has 2 aliphatic heterocycles. The van der Waals surface area contributed by atoms with Gasteiger partial charge in [-0.1, -0.05) is 30.0 Å². The van der Waals surface area contributed by atoms with Crippen molar-refractivity contribution in [3.63, 3.8) is 0 Å². The van der Waals surface area contributed by atoms with Crippen molar-refractivity contribution < 1.29 is 18.6 Å². The van der Waals surface area contributed by atoms with E-state index in [1.165, 1.54) is 17.8 Å². The van der Waals surface area contributed by atoms with Crippen LogP contribution in [0.5, 0.6) is 0 Å². The van der Waals surface area contributed by atoms with Crippen LogP contribution < -0.4 is 5.73 Å². The quantitative estimate of drug-likeness (QED) is 0.594. The van der Waals surface area contributed by atoms with Gasteiger partial charge in [0.1, 0.15) is 0 Å². The Morgan fingerprint density at radius 2 is 2.33 bits per heavy atom. The Kier molecular flexibility index (Phi) is 2.47. The zero-order valence-electron chi connectivity index (χ0n) is 9.17. The molecule has 3 rings (SSSR count). The number of allylic oxidation sites excluding steroid dienone is 5. The molecule has 4 nitrogen and oxygen atoms in total. The van der Waals surface area contributed by atoms with Gasteiger partial charge in [-0.15, -0.1) is 0 Å². The molecule has 1 amide bonds. The first-order valence-electron chi connectivity index (χ1n) is 5.33. The van der Waals surface area contributed by atoms with Gasteiger partial charge in [0.25, 0.3) is 5.91 Å². The molecule has 0 aromatic rings. The Morgan fingerprint density at radius 1 is 1.67 bits per heavy atom. The van der Waals surface area contributed by atoms with Crippen molar-refractivity contribution in [3.8, 4) is 0 Å². The molecule has 0 spiro atoms. The summed E-state index contributed by atoms with van der Waals surface area (Å²) in [7, 11) is -3.76. The Bertz CT molecular complexity index is 602. The van der Waals surface area contributed by atoms with Crippen molar-refractivity contribution in [2.45, 2.75) is 11.7 Å². The molecule has 1 aliphatic carbocycles. The molecular weight excluding hydrogens is 275 g/mol. The van der Waals surface area contributed by atoms with Crippen LogP contribution in [0.25, 0.3) is 0 Å². The first kappa shape index (κ1) is 12.3. The van der Waals surface area contributed by atoms with Crippen molar-refractivity contribution in [3.05, 3.63) is 33.6 Å². The van der Waals surface area contributed by atoms with Crippen LogP contribution in [0.2, 0.25) is 0 Å². The molecule has 2 heterocycles. The maximum Gasteiger partial charge on any atom is 0.303 e. The minimum Gasteiger partial charge on any atom is -0.365 e. The van der Waals surface area contributed by atoms with Crippen LogP contribution in [0.4, 0.5) is 4.39 Å². The Morgan fingerprint density at radius 3 is 2.89 bits per heavy atom. The normalized spacial score (nSPS) is 41.2.